The Kier molecular flexibility index (Phi) is 11.9. The summed E-state index contributed by atoms with van der Waals surface area (Å²) in [5.74, 6) is -1.34. The Morgan fingerprint density at radius 2 is 1.43 bits per heavy atom. The normalized spacial score (nSPS) is 11.8. The number of anilines is 2. The lowest BCUT2D eigenvalue weighted by molar-refractivity contribution is -0.116. The summed E-state index contributed by atoms with van der Waals surface area (Å²) in [7, 11) is 0. The van der Waals surface area contributed by atoms with E-state index in [1.165, 1.54) is 29.2 Å². The molecule has 0 saturated heterocycles. The van der Waals surface area contributed by atoms with Gasteiger partial charge in [-0.3, -0.25) is 14.4 Å². The molecule has 0 aliphatic rings. The molecule has 1 unspecified atom stereocenters. The third-order valence-electron chi connectivity index (χ3n) is 7.38. The first-order valence-corrected chi connectivity index (χ1v) is 18.3. The van der Waals surface area contributed by atoms with E-state index in [0.29, 0.717) is 42.6 Å². The summed E-state index contributed by atoms with van der Waals surface area (Å²) < 4.78 is 0. The Morgan fingerprint density at radius 3 is 2.20 bits per heavy atom. The van der Waals surface area contributed by atoms with E-state index in [9.17, 15) is 14.4 Å². The number of halogens is 3. The number of aromatic nitrogens is 1. The van der Waals surface area contributed by atoms with Crippen molar-refractivity contribution < 1.29 is 14.4 Å². The lowest BCUT2D eigenvalue weighted by atomic mass is 10.1. The first-order chi connectivity index (χ1) is 24.7. The number of nitrogens with zero attached hydrogens (tertiary/aromatic N) is 1. The molecule has 6 rings (SSSR count). The topological polar surface area (TPSA) is 100 Å². The minimum Gasteiger partial charge on any atom is -0.321 e. The Hall–Kier alpha value is -4.90. The van der Waals surface area contributed by atoms with Gasteiger partial charge in [-0.2, -0.15) is 0 Å². The largest absolute Gasteiger partial charge is 0.321 e. The lowest BCUT2D eigenvalue weighted by Gasteiger charge is -2.17. The Balaban J connectivity index is 1.23. The van der Waals surface area contributed by atoms with Crippen molar-refractivity contribution in [2.45, 2.75) is 10.1 Å². The van der Waals surface area contributed by atoms with Gasteiger partial charge in [0.2, 0.25) is 5.91 Å². The van der Waals surface area contributed by atoms with Crippen molar-refractivity contribution in [3.05, 3.63) is 170 Å². The van der Waals surface area contributed by atoms with Crippen LogP contribution in [0.5, 0.6) is 0 Å². The first-order valence-electron chi connectivity index (χ1n) is 15.4. The van der Waals surface area contributed by atoms with Gasteiger partial charge in [-0.1, -0.05) is 120 Å². The maximum Gasteiger partial charge on any atom is 0.272 e. The van der Waals surface area contributed by atoms with Crippen LogP contribution in [-0.4, -0.2) is 22.7 Å². The third kappa shape index (κ3) is 9.26. The summed E-state index contributed by atoms with van der Waals surface area (Å²) in [5, 5.41) is 11.3. The van der Waals surface area contributed by atoms with E-state index in [4.69, 9.17) is 34.8 Å². The highest BCUT2D eigenvalue weighted by Crippen LogP contribution is 2.38. The molecule has 3 amide bonds. The summed E-state index contributed by atoms with van der Waals surface area (Å²) in [6, 6.07) is 37.4. The van der Waals surface area contributed by atoms with E-state index < -0.39 is 17.1 Å². The number of amides is 3. The molecule has 1 aromatic heterocycles. The van der Waals surface area contributed by atoms with Crippen molar-refractivity contribution >= 4 is 92.5 Å². The van der Waals surface area contributed by atoms with E-state index in [1.54, 1.807) is 72.8 Å². The quantitative estimate of drug-likeness (QED) is 0.0900. The van der Waals surface area contributed by atoms with E-state index in [-0.39, 0.29) is 16.6 Å². The molecule has 0 saturated carbocycles. The van der Waals surface area contributed by atoms with Crippen molar-refractivity contribution in [2.24, 2.45) is 0 Å². The van der Waals surface area contributed by atoms with Gasteiger partial charge in [0.1, 0.15) is 10.9 Å². The van der Waals surface area contributed by atoms with Crippen LogP contribution in [0.1, 0.15) is 26.7 Å². The summed E-state index contributed by atoms with van der Waals surface area (Å²) in [6.45, 7) is 0. The summed E-state index contributed by atoms with van der Waals surface area (Å²) in [5.41, 5.74) is 3.43. The van der Waals surface area contributed by atoms with Gasteiger partial charge in [0.25, 0.3) is 11.8 Å². The molecule has 0 spiro atoms. The summed E-state index contributed by atoms with van der Waals surface area (Å²) in [4.78, 5) is 45.9. The minimum atomic E-state index is -0.657. The molecular weight excluding hydrogens is 743 g/mol. The van der Waals surface area contributed by atoms with Crippen LogP contribution >= 0.6 is 57.9 Å². The Labute approximate surface area is 317 Å². The molecule has 51 heavy (non-hydrogen) atoms. The Bertz CT molecular complexity index is 2230. The molecule has 1 heterocycles. The highest BCUT2D eigenvalue weighted by molar-refractivity contribution is 8.00. The van der Waals surface area contributed by atoms with Gasteiger partial charge in [0.15, 0.2) is 5.13 Å². The number of rotatable bonds is 11. The van der Waals surface area contributed by atoms with Crippen LogP contribution in [0.3, 0.4) is 0 Å². The number of hydrogen-bond donors (Lipinski definition) is 3. The van der Waals surface area contributed by atoms with E-state index in [2.05, 4.69) is 20.9 Å². The van der Waals surface area contributed by atoms with Crippen molar-refractivity contribution in [1.82, 2.24) is 10.3 Å². The van der Waals surface area contributed by atoms with E-state index in [1.807, 2.05) is 60.0 Å². The van der Waals surface area contributed by atoms with Gasteiger partial charge in [0, 0.05) is 32.1 Å². The van der Waals surface area contributed by atoms with Crippen LogP contribution in [-0.2, 0) is 9.59 Å². The van der Waals surface area contributed by atoms with Gasteiger partial charge >= 0.3 is 0 Å². The van der Waals surface area contributed by atoms with Gasteiger partial charge < -0.3 is 16.0 Å². The highest BCUT2D eigenvalue weighted by atomic mass is 35.5. The Morgan fingerprint density at radius 1 is 0.745 bits per heavy atom. The second kappa shape index (κ2) is 16.9. The number of nitrogens with one attached hydrogen (secondary N) is 3. The number of thiazole rings is 1. The van der Waals surface area contributed by atoms with Crippen LogP contribution in [0, 0.1) is 0 Å². The lowest BCUT2D eigenvalue weighted by Crippen LogP contribution is -2.30. The SMILES string of the molecule is O=C(Nc1cccc(SC(C(=O)Nc2nc(-c3ccccc3Cl)cs2)c2ccccc2)c1)/C(=C\c1cccc(Cl)c1Cl)NC(=O)c1ccccc1. The number of carbonyl (C=O) groups excluding carboxylic acids is 3. The molecule has 5 aromatic carbocycles. The summed E-state index contributed by atoms with van der Waals surface area (Å²) >= 11 is 21.6. The van der Waals surface area contributed by atoms with Crippen molar-refractivity contribution in [3.63, 3.8) is 0 Å². The van der Waals surface area contributed by atoms with Crippen molar-refractivity contribution in [2.75, 3.05) is 10.6 Å². The van der Waals surface area contributed by atoms with Gasteiger partial charge in [-0.15, -0.1) is 23.1 Å². The molecule has 6 aromatic rings. The average Bonchev–Trinajstić information content (AvgIpc) is 3.61. The second-order valence-electron chi connectivity index (χ2n) is 10.9. The third-order valence-corrected chi connectivity index (χ3v) is 10.5. The second-order valence-corrected chi connectivity index (χ2v) is 14.1. The molecule has 0 bridgehead atoms. The predicted octanol–water partition coefficient (Wildman–Crippen LogP) is 10.7. The van der Waals surface area contributed by atoms with Crippen LogP contribution in [0.4, 0.5) is 10.8 Å². The van der Waals surface area contributed by atoms with Gasteiger partial charge in [0.05, 0.1) is 15.7 Å². The zero-order valence-corrected chi connectivity index (χ0v) is 30.4. The number of carbonyl (C=O) groups is 3. The molecule has 0 aliphatic carbocycles. The van der Waals surface area contributed by atoms with Crippen molar-refractivity contribution in [3.8, 4) is 11.3 Å². The smallest absolute Gasteiger partial charge is 0.272 e. The van der Waals surface area contributed by atoms with Crippen LogP contribution in [0.15, 0.2) is 143 Å². The maximum absolute atomic E-state index is 13.8. The number of benzene rings is 5. The monoisotopic (exact) mass is 768 g/mol. The van der Waals surface area contributed by atoms with Crippen molar-refractivity contribution in [1.29, 1.82) is 0 Å². The maximum atomic E-state index is 13.8. The molecule has 0 radical (unpaired) electrons. The highest BCUT2D eigenvalue weighted by Gasteiger charge is 2.24. The fourth-order valence-electron chi connectivity index (χ4n) is 4.91. The summed E-state index contributed by atoms with van der Waals surface area (Å²) in [6.07, 6.45) is 1.47. The minimum absolute atomic E-state index is 0.0489. The zero-order valence-electron chi connectivity index (χ0n) is 26.5. The van der Waals surface area contributed by atoms with E-state index >= 15 is 0 Å². The average molecular weight is 770 g/mol. The van der Waals surface area contributed by atoms with Gasteiger partial charge in [-0.05, 0) is 59.7 Å². The molecule has 254 valence electrons. The van der Waals surface area contributed by atoms with Crippen LogP contribution in [0.2, 0.25) is 15.1 Å². The molecule has 3 N–H and O–H groups in total. The van der Waals surface area contributed by atoms with Crippen LogP contribution in [0.25, 0.3) is 17.3 Å². The standard InChI is InChI=1S/C39H27Cl3N4O3S2/c40-30-19-8-7-18-29(30)33-23-50-39(45-33)46-38(49)35(24-11-3-1-4-12-24)51-28-17-10-16-27(22-28)43-37(48)32(21-26-15-9-20-31(41)34(26)42)44-36(47)25-13-5-2-6-14-25/h1-23,35H,(H,43,48)(H,44,47)(H,45,46,49)/b32-21+. The first kappa shape index (κ1) is 35.9. The predicted molar refractivity (Wildman–Crippen MR) is 210 cm³/mol. The fourth-order valence-corrected chi connectivity index (χ4v) is 7.30. The van der Waals surface area contributed by atoms with Crippen LogP contribution < -0.4 is 16.0 Å². The molecule has 7 nitrogen and oxygen atoms in total. The molecule has 1 atom stereocenters. The molecule has 0 aliphatic heterocycles. The zero-order chi connectivity index (χ0) is 35.7. The molecule has 12 heteroatoms. The van der Waals surface area contributed by atoms with Gasteiger partial charge in [-0.25, -0.2) is 4.98 Å². The fraction of sp³-hybridized carbons (Fsp3) is 0.0256. The molecular formula is C39H27Cl3N4O3S2. The number of thioether (sulfide) groups is 1. The number of hydrogen-bond acceptors (Lipinski definition) is 6. The molecule has 0 fully saturated rings. The van der Waals surface area contributed by atoms with E-state index in [0.717, 1.165) is 11.1 Å².